The van der Waals surface area contributed by atoms with E-state index in [1.165, 1.54) is 5.56 Å². The molecule has 2 N–H and O–H groups in total. The zero-order chi connectivity index (χ0) is 16.4. The quantitative estimate of drug-likeness (QED) is 0.598. The summed E-state index contributed by atoms with van der Waals surface area (Å²) >= 11 is 0. The highest BCUT2D eigenvalue weighted by atomic mass is 15.1. The van der Waals surface area contributed by atoms with Crippen LogP contribution in [0.5, 0.6) is 0 Å². The van der Waals surface area contributed by atoms with E-state index >= 15 is 0 Å². The highest BCUT2D eigenvalue weighted by Crippen LogP contribution is 2.24. The second-order valence-corrected chi connectivity index (χ2v) is 5.71. The highest BCUT2D eigenvalue weighted by Gasteiger charge is 2.06. The Hall–Kier alpha value is -3.21. The summed E-state index contributed by atoms with van der Waals surface area (Å²) in [7, 11) is 0. The average molecular weight is 315 g/mol. The number of hydrogen-bond acceptors (Lipinski definition) is 4. The number of rotatable bonds is 4. The van der Waals surface area contributed by atoms with Crippen LogP contribution in [-0.2, 0) is 6.54 Å². The topological polar surface area (TPSA) is 66.5 Å². The molecule has 24 heavy (non-hydrogen) atoms. The summed E-state index contributed by atoms with van der Waals surface area (Å²) in [5.41, 5.74) is 6.18. The first-order valence-electron chi connectivity index (χ1n) is 7.84. The van der Waals surface area contributed by atoms with Crippen LogP contribution in [0.3, 0.4) is 0 Å². The lowest BCUT2D eigenvalue weighted by Gasteiger charge is -2.07. The molecule has 4 rings (SSSR count). The van der Waals surface area contributed by atoms with Crippen molar-refractivity contribution in [1.82, 2.24) is 20.2 Å². The van der Waals surface area contributed by atoms with Gasteiger partial charge in [0.15, 0.2) is 0 Å². The standard InChI is InChI=1S/C19H17N5/c1-13-16(11-22-24-13)15-7-8-17-18(9-15)20-12-19(23-17)21-10-14-5-3-2-4-6-14/h2-9,11-12H,10H2,1H3,(H,21,23)(H,22,24). The maximum atomic E-state index is 4.64. The Kier molecular flexibility index (Phi) is 3.67. The van der Waals surface area contributed by atoms with Crippen LogP contribution in [0.25, 0.3) is 22.2 Å². The molecule has 2 aromatic heterocycles. The third-order valence-corrected chi connectivity index (χ3v) is 4.00. The molecule has 0 spiro atoms. The molecule has 0 amide bonds. The molecule has 0 bridgehead atoms. The maximum absolute atomic E-state index is 4.64. The summed E-state index contributed by atoms with van der Waals surface area (Å²) < 4.78 is 0. The maximum Gasteiger partial charge on any atom is 0.145 e. The molecule has 5 heteroatoms. The summed E-state index contributed by atoms with van der Waals surface area (Å²) in [5, 5.41) is 10.4. The number of benzene rings is 2. The molecule has 0 saturated carbocycles. The van der Waals surface area contributed by atoms with E-state index in [2.05, 4.69) is 43.7 Å². The molecule has 0 aliphatic rings. The molecule has 0 saturated heterocycles. The molecule has 0 unspecified atom stereocenters. The fourth-order valence-electron chi connectivity index (χ4n) is 2.69. The molecule has 0 aliphatic heterocycles. The summed E-state index contributed by atoms with van der Waals surface area (Å²) in [5.74, 6) is 0.776. The molecule has 0 aliphatic carbocycles. The van der Waals surface area contributed by atoms with Gasteiger partial charge in [-0.1, -0.05) is 36.4 Å². The number of aryl methyl sites for hydroxylation is 1. The number of hydrogen-bond donors (Lipinski definition) is 2. The van der Waals surface area contributed by atoms with Crippen LogP contribution in [0.15, 0.2) is 60.9 Å². The Morgan fingerprint density at radius 3 is 2.67 bits per heavy atom. The van der Waals surface area contributed by atoms with E-state index in [1.54, 1.807) is 6.20 Å². The SMILES string of the molecule is Cc1[nH]ncc1-c1ccc2nc(NCc3ccccc3)cnc2c1. The molecule has 0 radical (unpaired) electrons. The van der Waals surface area contributed by atoms with Crippen molar-refractivity contribution < 1.29 is 0 Å². The van der Waals surface area contributed by atoms with Crippen molar-refractivity contribution in [2.45, 2.75) is 13.5 Å². The lowest BCUT2D eigenvalue weighted by Crippen LogP contribution is -2.02. The number of aromatic nitrogens is 4. The Labute approximate surface area is 139 Å². The van der Waals surface area contributed by atoms with E-state index in [4.69, 9.17) is 0 Å². The minimum absolute atomic E-state index is 0.729. The zero-order valence-electron chi connectivity index (χ0n) is 13.3. The van der Waals surface area contributed by atoms with E-state index in [-0.39, 0.29) is 0 Å². The Bertz CT molecular complexity index is 975. The van der Waals surface area contributed by atoms with Crippen molar-refractivity contribution in [3.05, 3.63) is 72.2 Å². The molecular weight excluding hydrogens is 298 g/mol. The predicted molar refractivity (Wildman–Crippen MR) is 95.6 cm³/mol. The normalized spacial score (nSPS) is 10.9. The molecule has 2 heterocycles. The molecule has 0 atom stereocenters. The van der Waals surface area contributed by atoms with Crippen LogP contribution in [0.2, 0.25) is 0 Å². The van der Waals surface area contributed by atoms with Crippen molar-refractivity contribution >= 4 is 16.9 Å². The number of fused-ring (bicyclic) bond motifs is 1. The van der Waals surface area contributed by atoms with Gasteiger partial charge in [-0.05, 0) is 30.2 Å². The van der Waals surface area contributed by atoms with Gasteiger partial charge in [0.2, 0.25) is 0 Å². The van der Waals surface area contributed by atoms with Crippen LogP contribution in [0.4, 0.5) is 5.82 Å². The van der Waals surface area contributed by atoms with E-state index < -0.39 is 0 Å². The van der Waals surface area contributed by atoms with Gasteiger partial charge >= 0.3 is 0 Å². The molecule has 2 aromatic carbocycles. The smallest absolute Gasteiger partial charge is 0.145 e. The van der Waals surface area contributed by atoms with Gasteiger partial charge in [-0.15, -0.1) is 0 Å². The summed E-state index contributed by atoms with van der Waals surface area (Å²) in [4.78, 5) is 9.18. The first-order valence-corrected chi connectivity index (χ1v) is 7.84. The fraction of sp³-hybridized carbons (Fsp3) is 0.105. The van der Waals surface area contributed by atoms with Gasteiger partial charge in [-0.3, -0.25) is 10.1 Å². The second kappa shape index (κ2) is 6.12. The van der Waals surface area contributed by atoms with E-state index in [1.807, 2.05) is 43.5 Å². The highest BCUT2D eigenvalue weighted by molar-refractivity contribution is 5.82. The molecule has 0 fully saturated rings. The van der Waals surface area contributed by atoms with Crippen molar-refractivity contribution in [2.24, 2.45) is 0 Å². The zero-order valence-corrected chi connectivity index (χ0v) is 13.3. The third kappa shape index (κ3) is 2.84. The Morgan fingerprint density at radius 2 is 1.88 bits per heavy atom. The number of H-pyrrole nitrogens is 1. The Balaban J connectivity index is 1.59. The number of nitrogens with one attached hydrogen (secondary N) is 2. The molecule has 4 aromatic rings. The van der Waals surface area contributed by atoms with Crippen molar-refractivity contribution in [2.75, 3.05) is 5.32 Å². The van der Waals surface area contributed by atoms with Crippen LogP contribution >= 0.6 is 0 Å². The minimum atomic E-state index is 0.729. The first kappa shape index (κ1) is 14.4. The van der Waals surface area contributed by atoms with Crippen molar-refractivity contribution in [3.8, 4) is 11.1 Å². The van der Waals surface area contributed by atoms with E-state index in [0.29, 0.717) is 0 Å². The molecule has 5 nitrogen and oxygen atoms in total. The van der Waals surface area contributed by atoms with E-state index in [0.717, 1.165) is 40.2 Å². The summed E-state index contributed by atoms with van der Waals surface area (Å²) in [6, 6.07) is 16.3. The lowest BCUT2D eigenvalue weighted by molar-refractivity contribution is 1.05. The van der Waals surface area contributed by atoms with Gasteiger partial charge in [0, 0.05) is 17.8 Å². The molecular formula is C19H17N5. The third-order valence-electron chi connectivity index (χ3n) is 4.00. The summed E-state index contributed by atoms with van der Waals surface area (Å²) in [6.45, 7) is 2.74. The van der Waals surface area contributed by atoms with Crippen molar-refractivity contribution in [3.63, 3.8) is 0 Å². The number of aromatic amines is 1. The van der Waals surface area contributed by atoms with Gasteiger partial charge in [0.25, 0.3) is 0 Å². The number of nitrogens with zero attached hydrogens (tertiary/aromatic N) is 3. The van der Waals surface area contributed by atoms with Crippen LogP contribution in [0.1, 0.15) is 11.3 Å². The lowest BCUT2D eigenvalue weighted by atomic mass is 10.1. The minimum Gasteiger partial charge on any atom is -0.365 e. The van der Waals surface area contributed by atoms with Crippen molar-refractivity contribution in [1.29, 1.82) is 0 Å². The van der Waals surface area contributed by atoms with Crippen LogP contribution < -0.4 is 5.32 Å². The van der Waals surface area contributed by atoms with E-state index in [9.17, 15) is 0 Å². The molecule has 118 valence electrons. The van der Waals surface area contributed by atoms with Gasteiger partial charge < -0.3 is 5.32 Å². The average Bonchev–Trinajstić information content (AvgIpc) is 3.06. The Morgan fingerprint density at radius 1 is 1.00 bits per heavy atom. The largest absolute Gasteiger partial charge is 0.365 e. The van der Waals surface area contributed by atoms with Gasteiger partial charge in [0.1, 0.15) is 5.82 Å². The van der Waals surface area contributed by atoms with Gasteiger partial charge in [0.05, 0.1) is 23.4 Å². The van der Waals surface area contributed by atoms with Crippen LogP contribution in [0, 0.1) is 6.92 Å². The fourth-order valence-corrected chi connectivity index (χ4v) is 2.69. The summed E-state index contributed by atoms with van der Waals surface area (Å²) in [6.07, 6.45) is 3.61. The van der Waals surface area contributed by atoms with Gasteiger partial charge in [-0.2, -0.15) is 5.10 Å². The first-order chi connectivity index (χ1) is 11.8. The second-order valence-electron chi connectivity index (χ2n) is 5.71. The predicted octanol–water partition coefficient (Wildman–Crippen LogP) is 3.94. The van der Waals surface area contributed by atoms with Gasteiger partial charge in [-0.25, -0.2) is 4.98 Å². The monoisotopic (exact) mass is 315 g/mol. The number of anilines is 1. The van der Waals surface area contributed by atoms with Crippen LogP contribution in [-0.4, -0.2) is 20.2 Å².